The van der Waals surface area contributed by atoms with E-state index in [0.29, 0.717) is 0 Å². The topological polar surface area (TPSA) is 61.8 Å². The van der Waals surface area contributed by atoms with Crippen LogP contribution in [0.25, 0.3) is 0 Å². The smallest absolute Gasteiger partial charge is 0.379 e. The molecule has 0 aliphatic rings. The number of hydrogen-bond acceptors (Lipinski definition) is 5. The van der Waals surface area contributed by atoms with Crippen LogP contribution in [-0.4, -0.2) is 32.6 Å². The Morgan fingerprint density at radius 3 is 2.24 bits per heavy atom. The number of carbonyl (C=O) groups is 2. The average Bonchev–Trinajstić information content (AvgIpc) is 2.44. The monoisotopic (exact) mass is 298 g/mol. The molecular weight excluding hydrogens is 279 g/mol. The van der Waals surface area contributed by atoms with Gasteiger partial charge < -0.3 is 14.2 Å². The molecule has 21 heavy (non-hydrogen) atoms. The highest BCUT2D eigenvalue weighted by Crippen LogP contribution is 2.40. The Labute approximate surface area is 123 Å². The van der Waals surface area contributed by atoms with Crippen LogP contribution in [0.3, 0.4) is 0 Å². The fraction of sp³-hybridized carbons (Fsp3) is 0.467. The molecule has 0 aliphatic heterocycles. The number of Topliss-reactive ketones (excluding diaryl/α,β-unsaturated/α-hetero) is 1. The van der Waals surface area contributed by atoms with Crippen molar-refractivity contribution in [1.29, 1.82) is 0 Å². The first kappa shape index (κ1) is 16.9. The van der Waals surface area contributed by atoms with Gasteiger partial charge in [-0.15, -0.1) is 0 Å². The maximum atomic E-state index is 14.3. The third kappa shape index (κ3) is 3.71. The lowest BCUT2D eigenvalue weighted by molar-refractivity contribution is -0.137. The number of methoxy groups -OCH3 is 2. The van der Waals surface area contributed by atoms with E-state index in [1.54, 1.807) is 6.92 Å². The predicted octanol–water partition coefficient (Wildman–Crippen LogP) is 2.65. The van der Waals surface area contributed by atoms with Gasteiger partial charge >= 0.3 is 5.97 Å². The third-order valence-corrected chi connectivity index (χ3v) is 2.84. The molecule has 1 aromatic carbocycles. The number of carbonyl (C=O) groups excluding carboxylic acids is 2. The molecule has 0 fully saturated rings. The quantitative estimate of drug-likeness (QED) is 0.459. The second-order valence-corrected chi connectivity index (χ2v) is 4.78. The molecule has 116 valence electrons. The minimum atomic E-state index is -1.77. The Morgan fingerprint density at radius 2 is 1.81 bits per heavy atom. The number of esters is 1. The predicted molar refractivity (Wildman–Crippen MR) is 74.6 cm³/mol. The zero-order chi connectivity index (χ0) is 16.2. The van der Waals surface area contributed by atoms with Gasteiger partial charge in [0.05, 0.1) is 20.8 Å². The van der Waals surface area contributed by atoms with Gasteiger partial charge in [-0.1, -0.05) is 0 Å². The Bertz CT molecular complexity index is 546. The fourth-order valence-corrected chi connectivity index (χ4v) is 1.85. The van der Waals surface area contributed by atoms with Crippen molar-refractivity contribution < 1.29 is 28.2 Å². The highest BCUT2D eigenvalue weighted by atomic mass is 19.1. The van der Waals surface area contributed by atoms with E-state index in [0.717, 1.165) is 0 Å². The molecule has 0 bridgehead atoms. The van der Waals surface area contributed by atoms with Gasteiger partial charge in [0.25, 0.3) is 5.78 Å². The van der Waals surface area contributed by atoms with Crippen LogP contribution >= 0.6 is 0 Å². The second kappa shape index (κ2) is 6.56. The van der Waals surface area contributed by atoms with E-state index in [2.05, 4.69) is 4.74 Å². The van der Waals surface area contributed by atoms with Gasteiger partial charge in [0.2, 0.25) is 0 Å². The first-order chi connectivity index (χ1) is 9.76. The van der Waals surface area contributed by atoms with Crippen molar-refractivity contribution in [3.05, 3.63) is 23.3 Å². The fourth-order valence-electron chi connectivity index (χ4n) is 1.85. The Balaban J connectivity index is 3.43. The van der Waals surface area contributed by atoms with E-state index in [-0.39, 0.29) is 29.2 Å². The van der Waals surface area contributed by atoms with E-state index in [9.17, 15) is 14.0 Å². The minimum Gasteiger partial charge on any atom is -0.493 e. The van der Waals surface area contributed by atoms with Crippen LogP contribution in [0.4, 0.5) is 4.39 Å². The van der Waals surface area contributed by atoms with Gasteiger partial charge in [-0.2, -0.15) is 0 Å². The molecule has 0 aromatic heterocycles. The molecule has 0 N–H and O–H groups in total. The molecule has 0 unspecified atom stereocenters. The molecule has 5 nitrogen and oxygen atoms in total. The van der Waals surface area contributed by atoms with Crippen molar-refractivity contribution in [1.82, 2.24) is 0 Å². The third-order valence-electron chi connectivity index (χ3n) is 2.84. The van der Waals surface area contributed by atoms with Crippen LogP contribution in [0.5, 0.6) is 11.5 Å². The van der Waals surface area contributed by atoms with Crippen LogP contribution in [0.15, 0.2) is 12.1 Å². The summed E-state index contributed by atoms with van der Waals surface area (Å²) in [5.41, 5.74) is -1.66. The van der Waals surface area contributed by atoms with Gasteiger partial charge in [0, 0.05) is 11.1 Å². The Hall–Kier alpha value is -2.11. The van der Waals surface area contributed by atoms with Gasteiger partial charge in [-0.05, 0) is 32.9 Å². The summed E-state index contributed by atoms with van der Waals surface area (Å²) in [5, 5.41) is 0. The van der Waals surface area contributed by atoms with Crippen LogP contribution in [0.1, 0.15) is 36.7 Å². The molecule has 1 rings (SSSR count). The van der Waals surface area contributed by atoms with Gasteiger partial charge in [0.15, 0.2) is 11.5 Å². The first-order valence-electron chi connectivity index (χ1n) is 6.43. The summed E-state index contributed by atoms with van der Waals surface area (Å²) < 4.78 is 29.2. The summed E-state index contributed by atoms with van der Waals surface area (Å²) in [6.45, 7) is 4.32. The molecule has 0 aliphatic carbocycles. The van der Waals surface area contributed by atoms with Gasteiger partial charge in [0.1, 0.15) is 5.67 Å². The molecule has 0 spiro atoms. The number of halogens is 1. The highest BCUT2D eigenvalue weighted by Gasteiger charge is 2.29. The number of ether oxygens (including phenoxy) is 3. The zero-order valence-electron chi connectivity index (χ0n) is 12.8. The molecule has 0 saturated heterocycles. The molecule has 0 atom stereocenters. The summed E-state index contributed by atoms with van der Waals surface area (Å²) in [5.74, 6) is -1.49. The largest absolute Gasteiger partial charge is 0.493 e. The normalized spacial score (nSPS) is 11.0. The SMILES string of the molecule is CCOC(=O)C(=O)c1cc(OC)c(OC)c(C(C)(C)F)c1. The van der Waals surface area contributed by atoms with Crippen LogP contribution in [0.2, 0.25) is 0 Å². The van der Waals surface area contributed by atoms with Gasteiger partial charge in [-0.25, -0.2) is 9.18 Å². The van der Waals surface area contributed by atoms with Crippen LogP contribution in [-0.2, 0) is 15.2 Å². The average molecular weight is 298 g/mol. The molecule has 0 amide bonds. The molecule has 1 aromatic rings. The molecular formula is C15H19FO5. The molecule has 0 heterocycles. The van der Waals surface area contributed by atoms with E-state index in [1.165, 1.54) is 40.2 Å². The van der Waals surface area contributed by atoms with Crippen molar-refractivity contribution in [3.8, 4) is 11.5 Å². The van der Waals surface area contributed by atoms with E-state index >= 15 is 0 Å². The van der Waals surface area contributed by atoms with Crippen molar-refractivity contribution in [2.75, 3.05) is 20.8 Å². The number of ketones is 1. The first-order valence-corrected chi connectivity index (χ1v) is 6.43. The van der Waals surface area contributed by atoms with Crippen molar-refractivity contribution in [2.45, 2.75) is 26.4 Å². The van der Waals surface area contributed by atoms with E-state index in [1.807, 2.05) is 0 Å². The maximum Gasteiger partial charge on any atom is 0.379 e. The highest BCUT2D eigenvalue weighted by molar-refractivity contribution is 6.40. The number of hydrogen-bond donors (Lipinski definition) is 0. The summed E-state index contributed by atoms with van der Waals surface area (Å²) >= 11 is 0. The summed E-state index contributed by atoms with van der Waals surface area (Å²) in [6.07, 6.45) is 0. The molecule has 6 heteroatoms. The van der Waals surface area contributed by atoms with Crippen molar-refractivity contribution in [3.63, 3.8) is 0 Å². The standard InChI is InChI=1S/C15H19FO5/c1-6-21-14(18)12(17)9-7-10(15(2,3)16)13(20-5)11(8-9)19-4/h7-8H,6H2,1-5H3. The lowest BCUT2D eigenvalue weighted by Crippen LogP contribution is -2.19. The number of alkyl halides is 1. The molecule has 0 saturated carbocycles. The van der Waals surface area contributed by atoms with Crippen LogP contribution < -0.4 is 9.47 Å². The second-order valence-electron chi connectivity index (χ2n) is 4.78. The summed E-state index contributed by atoms with van der Waals surface area (Å²) in [6, 6.07) is 2.61. The Kier molecular flexibility index (Phi) is 5.29. The van der Waals surface area contributed by atoms with E-state index in [4.69, 9.17) is 9.47 Å². The van der Waals surface area contributed by atoms with E-state index < -0.39 is 17.4 Å². The summed E-state index contributed by atoms with van der Waals surface area (Å²) in [7, 11) is 2.74. The van der Waals surface area contributed by atoms with Crippen molar-refractivity contribution in [2.24, 2.45) is 0 Å². The number of rotatable bonds is 6. The maximum absolute atomic E-state index is 14.3. The number of benzene rings is 1. The lowest BCUT2D eigenvalue weighted by atomic mass is 9.95. The van der Waals surface area contributed by atoms with Crippen molar-refractivity contribution >= 4 is 11.8 Å². The van der Waals surface area contributed by atoms with Crippen LogP contribution in [0, 0.1) is 0 Å². The lowest BCUT2D eigenvalue weighted by Gasteiger charge is -2.21. The minimum absolute atomic E-state index is 0.00757. The Morgan fingerprint density at radius 1 is 1.19 bits per heavy atom. The zero-order valence-corrected chi connectivity index (χ0v) is 12.8. The molecule has 0 radical (unpaired) electrons. The summed E-state index contributed by atoms with van der Waals surface area (Å²) in [4.78, 5) is 23.5. The van der Waals surface area contributed by atoms with Gasteiger partial charge in [-0.3, -0.25) is 4.79 Å².